The number of anilines is 1. The molecule has 0 atom stereocenters. The molecule has 0 spiro atoms. The molecule has 5 heteroatoms. The molecule has 2 rings (SSSR count). The van der Waals surface area contributed by atoms with Crippen LogP contribution in [0, 0.1) is 11.3 Å². The number of nitrogens with zero attached hydrogens (tertiary/aromatic N) is 2. The summed E-state index contributed by atoms with van der Waals surface area (Å²) in [6, 6.07) is 10.3. The summed E-state index contributed by atoms with van der Waals surface area (Å²) in [5, 5.41) is 12.7. The third-order valence-corrected chi connectivity index (χ3v) is 3.61. The Hall–Kier alpha value is -1.38. The van der Waals surface area contributed by atoms with Gasteiger partial charge in [-0.1, -0.05) is 39.4 Å². The quantitative estimate of drug-likeness (QED) is 0.941. The van der Waals surface area contributed by atoms with Crippen molar-refractivity contribution < 1.29 is 0 Å². The van der Waals surface area contributed by atoms with Crippen molar-refractivity contribution >= 4 is 32.4 Å². The van der Waals surface area contributed by atoms with Crippen LogP contribution in [0.4, 0.5) is 5.13 Å². The van der Waals surface area contributed by atoms with Crippen molar-refractivity contribution in [2.45, 2.75) is 6.42 Å². The molecule has 0 bridgehead atoms. The van der Waals surface area contributed by atoms with Crippen molar-refractivity contribution in [2.75, 3.05) is 11.9 Å². The Bertz CT molecular complexity index is 527. The van der Waals surface area contributed by atoms with Gasteiger partial charge in [0.15, 0.2) is 5.13 Å². The van der Waals surface area contributed by atoms with Gasteiger partial charge in [0.1, 0.15) is 10.9 Å². The molecule has 1 aromatic heterocycles. The SMILES string of the molecule is N#Cc1cnc(NCCc2ccc(Br)cc2)s1. The molecule has 2 aromatic rings. The first-order chi connectivity index (χ1) is 8.28. The van der Waals surface area contributed by atoms with Gasteiger partial charge >= 0.3 is 0 Å². The van der Waals surface area contributed by atoms with E-state index in [2.05, 4.69) is 44.4 Å². The lowest BCUT2D eigenvalue weighted by Crippen LogP contribution is -2.04. The second-order valence-corrected chi connectivity index (χ2v) is 5.39. The van der Waals surface area contributed by atoms with Crippen LogP contribution >= 0.6 is 27.3 Å². The molecular formula is C12H10BrN3S. The van der Waals surface area contributed by atoms with Crippen LogP contribution in [0.3, 0.4) is 0 Å². The van der Waals surface area contributed by atoms with Crippen LogP contribution in [-0.2, 0) is 6.42 Å². The van der Waals surface area contributed by atoms with E-state index in [0.29, 0.717) is 4.88 Å². The third-order valence-electron chi connectivity index (χ3n) is 2.22. The Labute approximate surface area is 112 Å². The average Bonchev–Trinajstić information content (AvgIpc) is 2.80. The van der Waals surface area contributed by atoms with Gasteiger partial charge in [0, 0.05) is 11.0 Å². The Morgan fingerprint density at radius 2 is 2.12 bits per heavy atom. The average molecular weight is 308 g/mol. The van der Waals surface area contributed by atoms with E-state index in [4.69, 9.17) is 5.26 Å². The minimum Gasteiger partial charge on any atom is -0.361 e. The first-order valence-corrected chi connectivity index (χ1v) is 6.73. The lowest BCUT2D eigenvalue weighted by molar-refractivity contribution is 1.01. The van der Waals surface area contributed by atoms with Crippen molar-refractivity contribution in [3.05, 3.63) is 45.4 Å². The van der Waals surface area contributed by atoms with Crippen LogP contribution in [0.2, 0.25) is 0 Å². The van der Waals surface area contributed by atoms with Crippen LogP contribution < -0.4 is 5.32 Å². The summed E-state index contributed by atoms with van der Waals surface area (Å²) in [5.41, 5.74) is 1.28. The highest BCUT2D eigenvalue weighted by molar-refractivity contribution is 9.10. The molecule has 1 aromatic carbocycles. The third kappa shape index (κ3) is 3.55. The maximum atomic E-state index is 8.67. The number of nitrogens with one attached hydrogen (secondary N) is 1. The van der Waals surface area contributed by atoms with Gasteiger partial charge in [0.25, 0.3) is 0 Å². The molecule has 0 aliphatic carbocycles. The minimum absolute atomic E-state index is 0.635. The van der Waals surface area contributed by atoms with Gasteiger partial charge in [-0.25, -0.2) is 4.98 Å². The van der Waals surface area contributed by atoms with Crippen LogP contribution in [0.25, 0.3) is 0 Å². The number of halogens is 1. The fourth-order valence-electron chi connectivity index (χ4n) is 1.37. The zero-order valence-electron chi connectivity index (χ0n) is 8.98. The summed E-state index contributed by atoms with van der Waals surface area (Å²) in [6.07, 6.45) is 2.53. The second kappa shape index (κ2) is 5.80. The number of thiazole rings is 1. The van der Waals surface area contributed by atoms with Gasteiger partial charge in [-0.2, -0.15) is 5.26 Å². The monoisotopic (exact) mass is 307 g/mol. The van der Waals surface area contributed by atoms with Crippen LogP contribution in [0.1, 0.15) is 10.4 Å². The van der Waals surface area contributed by atoms with E-state index in [1.54, 1.807) is 6.20 Å². The van der Waals surface area contributed by atoms with E-state index in [9.17, 15) is 0 Å². The lowest BCUT2D eigenvalue weighted by atomic mass is 10.1. The largest absolute Gasteiger partial charge is 0.361 e. The number of hydrogen-bond donors (Lipinski definition) is 1. The molecule has 1 heterocycles. The molecule has 0 saturated heterocycles. The number of nitriles is 1. The molecule has 17 heavy (non-hydrogen) atoms. The highest BCUT2D eigenvalue weighted by Crippen LogP contribution is 2.17. The van der Waals surface area contributed by atoms with Crippen molar-refractivity contribution in [1.29, 1.82) is 5.26 Å². The zero-order chi connectivity index (χ0) is 12.1. The van der Waals surface area contributed by atoms with E-state index in [1.807, 2.05) is 12.1 Å². The van der Waals surface area contributed by atoms with Crippen molar-refractivity contribution in [3.8, 4) is 6.07 Å². The summed E-state index contributed by atoms with van der Waals surface area (Å²) >= 11 is 4.79. The Balaban J connectivity index is 1.83. The van der Waals surface area contributed by atoms with Gasteiger partial charge in [0.05, 0.1) is 6.20 Å². The van der Waals surface area contributed by atoms with E-state index in [-0.39, 0.29) is 0 Å². The Morgan fingerprint density at radius 3 is 2.76 bits per heavy atom. The standard InChI is InChI=1S/C12H10BrN3S/c13-10-3-1-9(2-4-10)5-6-15-12-16-8-11(7-14)17-12/h1-4,8H,5-6H2,(H,15,16). The smallest absolute Gasteiger partial charge is 0.183 e. The molecule has 0 fully saturated rings. The molecule has 0 amide bonds. The van der Waals surface area contributed by atoms with Gasteiger partial charge < -0.3 is 5.32 Å². The normalized spacial score (nSPS) is 9.88. The Kier molecular flexibility index (Phi) is 4.13. The van der Waals surface area contributed by atoms with Gasteiger partial charge in [-0.05, 0) is 24.1 Å². The summed E-state index contributed by atoms with van der Waals surface area (Å²) in [7, 11) is 0. The summed E-state index contributed by atoms with van der Waals surface area (Å²) in [6.45, 7) is 0.819. The van der Waals surface area contributed by atoms with E-state index in [1.165, 1.54) is 16.9 Å². The molecule has 3 nitrogen and oxygen atoms in total. The topological polar surface area (TPSA) is 48.7 Å². The van der Waals surface area contributed by atoms with E-state index >= 15 is 0 Å². The van der Waals surface area contributed by atoms with Crippen LogP contribution in [-0.4, -0.2) is 11.5 Å². The molecular weight excluding hydrogens is 298 g/mol. The number of hydrogen-bond acceptors (Lipinski definition) is 4. The highest BCUT2D eigenvalue weighted by Gasteiger charge is 2.00. The summed E-state index contributed by atoms with van der Waals surface area (Å²) in [4.78, 5) is 4.75. The maximum absolute atomic E-state index is 8.67. The molecule has 1 N–H and O–H groups in total. The lowest BCUT2D eigenvalue weighted by Gasteiger charge is -2.02. The molecule has 0 saturated carbocycles. The fraction of sp³-hybridized carbons (Fsp3) is 0.167. The van der Waals surface area contributed by atoms with Crippen molar-refractivity contribution in [2.24, 2.45) is 0 Å². The molecule has 0 aliphatic heterocycles. The predicted molar refractivity (Wildman–Crippen MR) is 73.2 cm³/mol. The molecule has 0 aliphatic rings. The highest BCUT2D eigenvalue weighted by atomic mass is 79.9. The van der Waals surface area contributed by atoms with E-state index < -0.39 is 0 Å². The number of rotatable bonds is 4. The fourth-order valence-corrected chi connectivity index (χ4v) is 2.28. The first-order valence-electron chi connectivity index (χ1n) is 5.12. The maximum Gasteiger partial charge on any atom is 0.183 e. The molecule has 0 radical (unpaired) electrons. The summed E-state index contributed by atoms with van der Waals surface area (Å²) in [5.74, 6) is 0. The van der Waals surface area contributed by atoms with Crippen LogP contribution in [0.5, 0.6) is 0 Å². The first kappa shape index (κ1) is 12.1. The summed E-state index contributed by atoms with van der Waals surface area (Å²) < 4.78 is 1.09. The number of benzene rings is 1. The van der Waals surface area contributed by atoms with Gasteiger partial charge in [-0.3, -0.25) is 0 Å². The Morgan fingerprint density at radius 1 is 1.35 bits per heavy atom. The van der Waals surface area contributed by atoms with Crippen molar-refractivity contribution in [1.82, 2.24) is 4.98 Å². The minimum atomic E-state index is 0.635. The van der Waals surface area contributed by atoms with Gasteiger partial charge in [-0.15, -0.1) is 0 Å². The van der Waals surface area contributed by atoms with Gasteiger partial charge in [0.2, 0.25) is 0 Å². The molecule has 0 unspecified atom stereocenters. The predicted octanol–water partition coefficient (Wildman–Crippen LogP) is 3.43. The second-order valence-electron chi connectivity index (χ2n) is 3.44. The molecule has 86 valence electrons. The van der Waals surface area contributed by atoms with Crippen LogP contribution in [0.15, 0.2) is 34.9 Å². The van der Waals surface area contributed by atoms with E-state index in [0.717, 1.165) is 22.6 Å². The number of aromatic nitrogens is 1. The van der Waals surface area contributed by atoms with Crippen molar-refractivity contribution in [3.63, 3.8) is 0 Å². The zero-order valence-corrected chi connectivity index (χ0v) is 11.4.